The van der Waals surface area contributed by atoms with Crippen LogP contribution in [0.4, 0.5) is 11.8 Å². The summed E-state index contributed by atoms with van der Waals surface area (Å²) in [5.74, 6) is 1.08. The fraction of sp³-hybridized carbons (Fsp3) is 0.353. The summed E-state index contributed by atoms with van der Waals surface area (Å²) in [6.45, 7) is 5.70. The lowest BCUT2D eigenvalue weighted by Crippen LogP contribution is -2.23. The number of hydrogen-bond donors (Lipinski definition) is 2. The number of nitrogens with one attached hydrogen (secondary N) is 1. The van der Waals surface area contributed by atoms with Gasteiger partial charge in [-0.1, -0.05) is 29.8 Å². The predicted octanol–water partition coefficient (Wildman–Crippen LogP) is 2.18. The molecule has 0 bridgehead atoms. The largest absolute Gasteiger partial charge is 0.369 e. The average molecular weight is 310 g/mol. The number of anilines is 2. The summed E-state index contributed by atoms with van der Waals surface area (Å²) in [4.78, 5) is 15.0. The number of nitrogen functional groups attached to an aromatic ring is 1. The second kappa shape index (κ2) is 7.19. The van der Waals surface area contributed by atoms with Gasteiger partial charge in [-0.3, -0.25) is 9.89 Å². The maximum atomic E-state index is 5.75. The lowest BCUT2D eigenvalue weighted by molar-refractivity contribution is 0.341. The van der Waals surface area contributed by atoms with E-state index in [2.05, 4.69) is 50.3 Å². The molecule has 1 aromatic heterocycles. The molecule has 0 radical (unpaired) electrons. The minimum atomic E-state index is 0.289. The first kappa shape index (κ1) is 15.4. The zero-order valence-corrected chi connectivity index (χ0v) is 13.4. The maximum Gasteiger partial charge on any atom is 0.221 e. The molecule has 2 aromatic rings. The second-order valence-corrected chi connectivity index (χ2v) is 5.72. The van der Waals surface area contributed by atoms with Crippen LogP contribution >= 0.6 is 0 Å². The Morgan fingerprint density at radius 2 is 2.26 bits per heavy atom. The molecule has 23 heavy (non-hydrogen) atoms. The van der Waals surface area contributed by atoms with Gasteiger partial charge in [-0.15, -0.1) is 0 Å². The zero-order valence-electron chi connectivity index (χ0n) is 13.4. The van der Waals surface area contributed by atoms with Crippen molar-refractivity contribution in [3.8, 4) is 11.1 Å². The summed E-state index contributed by atoms with van der Waals surface area (Å²) < 4.78 is 0. The molecule has 6 nitrogen and oxygen atoms in total. The summed E-state index contributed by atoms with van der Waals surface area (Å²) in [6.07, 6.45) is 4.78. The minimum absolute atomic E-state index is 0.289. The zero-order chi connectivity index (χ0) is 16.1. The van der Waals surface area contributed by atoms with Crippen molar-refractivity contribution in [1.82, 2.24) is 14.9 Å². The van der Waals surface area contributed by atoms with Crippen LogP contribution in [0, 0.1) is 6.92 Å². The third kappa shape index (κ3) is 4.04. The summed E-state index contributed by atoms with van der Waals surface area (Å²) in [7, 11) is 0. The van der Waals surface area contributed by atoms with Crippen LogP contribution < -0.4 is 11.1 Å². The van der Waals surface area contributed by atoms with Crippen LogP contribution in [0.2, 0.25) is 0 Å². The number of aromatic nitrogens is 2. The number of benzene rings is 1. The molecule has 0 amide bonds. The summed E-state index contributed by atoms with van der Waals surface area (Å²) in [6, 6.07) is 8.31. The highest BCUT2D eigenvalue weighted by Gasteiger charge is 2.10. The molecule has 0 unspecified atom stereocenters. The van der Waals surface area contributed by atoms with Crippen LogP contribution in [-0.4, -0.2) is 47.4 Å². The van der Waals surface area contributed by atoms with Gasteiger partial charge in [-0.25, -0.2) is 4.98 Å². The van der Waals surface area contributed by atoms with Crippen molar-refractivity contribution < 1.29 is 0 Å². The Hall–Kier alpha value is -2.47. The first-order chi connectivity index (χ1) is 11.2. The Kier molecular flexibility index (Phi) is 4.83. The monoisotopic (exact) mass is 310 g/mol. The fourth-order valence-corrected chi connectivity index (χ4v) is 2.63. The van der Waals surface area contributed by atoms with E-state index in [0.717, 1.165) is 49.7 Å². The van der Waals surface area contributed by atoms with E-state index in [1.165, 1.54) is 5.56 Å². The smallest absolute Gasteiger partial charge is 0.221 e. The second-order valence-electron chi connectivity index (χ2n) is 5.72. The highest BCUT2D eigenvalue weighted by molar-refractivity contribution is 5.75. The molecular formula is C17H22N6. The van der Waals surface area contributed by atoms with Crippen LogP contribution in [0.25, 0.3) is 11.1 Å². The van der Waals surface area contributed by atoms with Crippen molar-refractivity contribution in [3.63, 3.8) is 0 Å². The number of nitrogens with two attached hydrogens (primary N) is 1. The number of nitrogens with zero attached hydrogens (tertiary/aromatic N) is 4. The highest BCUT2D eigenvalue weighted by atomic mass is 15.2. The maximum absolute atomic E-state index is 5.75. The van der Waals surface area contributed by atoms with Gasteiger partial charge in [0.1, 0.15) is 5.82 Å². The van der Waals surface area contributed by atoms with E-state index in [4.69, 9.17) is 5.73 Å². The summed E-state index contributed by atoms with van der Waals surface area (Å²) in [5, 5.41) is 3.40. The molecule has 3 rings (SSSR count). The molecule has 0 saturated carbocycles. The van der Waals surface area contributed by atoms with Gasteiger partial charge in [-0.2, -0.15) is 4.98 Å². The molecule has 1 aromatic carbocycles. The first-order valence-electron chi connectivity index (χ1n) is 7.86. The number of hydrogen-bond acceptors (Lipinski definition) is 6. The van der Waals surface area contributed by atoms with E-state index in [1.807, 2.05) is 12.3 Å². The highest BCUT2D eigenvalue weighted by Crippen LogP contribution is 2.26. The molecule has 0 saturated heterocycles. The number of aliphatic imine (C=N–C) groups is 1. The van der Waals surface area contributed by atoms with E-state index in [-0.39, 0.29) is 5.95 Å². The van der Waals surface area contributed by atoms with Gasteiger partial charge in [0, 0.05) is 37.6 Å². The Balaban J connectivity index is 1.66. The average Bonchev–Trinajstić information content (AvgIpc) is 3.05. The molecule has 1 aliphatic heterocycles. The standard InChI is InChI=1S/C17H22N6/c1-13-4-2-5-14(10-13)15-11-21-17(18)22-16(15)20-6-3-8-23-9-7-19-12-23/h2,4-5,7,10-11H,3,6,8-9,12H2,1H3,(H3,18,20,21,22). The molecule has 3 N–H and O–H groups in total. The SMILES string of the molecule is Cc1cccc(-c2cnc(N)nc2NCCCN2CC=NC2)c1. The number of rotatable bonds is 6. The lowest BCUT2D eigenvalue weighted by Gasteiger charge is -2.15. The topological polar surface area (TPSA) is 79.4 Å². The molecule has 0 fully saturated rings. The molecule has 6 heteroatoms. The fourth-order valence-electron chi connectivity index (χ4n) is 2.63. The van der Waals surface area contributed by atoms with Crippen molar-refractivity contribution >= 4 is 18.0 Å². The van der Waals surface area contributed by atoms with Crippen molar-refractivity contribution in [2.45, 2.75) is 13.3 Å². The molecular weight excluding hydrogens is 288 g/mol. The normalized spacial score (nSPS) is 14.3. The van der Waals surface area contributed by atoms with Gasteiger partial charge >= 0.3 is 0 Å². The Bertz CT molecular complexity index is 689. The lowest BCUT2D eigenvalue weighted by atomic mass is 10.1. The number of aryl methyl sites for hydroxylation is 1. The van der Waals surface area contributed by atoms with Crippen molar-refractivity contribution in [1.29, 1.82) is 0 Å². The quantitative estimate of drug-likeness (QED) is 0.800. The van der Waals surface area contributed by atoms with Crippen molar-refractivity contribution in [2.75, 3.05) is 37.4 Å². The van der Waals surface area contributed by atoms with Gasteiger partial charge < -0.3 is 11.1 Å². The first-order valence-corrected chi connectivity index (χ1v) is 7.86. The van der Waals surface area contributed by atoms with Gasteiger partial charge in [0.2, 0.25) is 5.95 Å². The van der Waals surface area contributed by atoms with E-state index < -0.39 is 0 Å². The van der Waals surface area contributed by atoms with E-state index >= 15 is 0 Å². The van der Waals surface area contributed by atoms with Crippen LogP contribution in [0.15, 0.2) is 35.5 Å². The molecule has 1 aliphatic rings. The van der Waals surface area contributed by atoms with Gasteiger partial charge in [0.25, 0.3) is 0 Å². The molecule has 0 aliphatic carbocycles. The predicted molar refractivity (Wildman–Crippen MR) is 94.7 cm³/mol. The van der Waals surface area contributed by atoms with Crippen LogP contribution in [-0.2, 0) is 0 Å². The molecule has 0 atom stereocenters. The van der Waals surface area contributed by atoms with Gasteiger partial charge in [0.05, 0.1) is 6.67 Å². The van der Waals surface area contributed by atoms with E-state index in [9.17, 15) is 0 Å². The van der Waals surface area contributed by atoms with Crippen LogP contribution in [0.1, 0.15) is 12.0 Å². The summed E-state index contributed by atoms with van der Waals surface area (Å²) in [5.41, 5.74) is 9.04. The van der Waals surface area contributed by atoms with Crippen molar-refractivity contribution in [2.24, 2.45) is 4.99 Å². The Labute approximate surface area is 136 Å². The van der Waals surface area contributed by atoms with E-state index in [1.54, 1.807) is 6.20 Å². The third-order valence-corrected chi connectivity index (χ3v) is 3.83. The molecule has 2 heterocycles. The van der Waals surface area contributed by atoms with Crippen LogP contribution in [0.5, 0.6) is 0 Å². The summed E-state index contributed by atoms with van der Waals surface area (Å²) >= 11 is 0. The Morgan fingerprint density at radius 3 is 3.04 bits per heavy atom. The van der Waals surface area contributed by atoms with Gasteiger partial charge in [-0.05, 0) is 18.9 Å². The minimum Gasteiger partial charge on any atom is -0.369 e. The molecule has 0 spiro atoms. The molecule has 120 valence electrons. The van der Waals surface area contributed by atoms with E-state index in [0.29, 0.717) is 0 Å². The Morgan fingerprint density at radius 1 is 1.35 bits per heavy atom. The van der Waals surface area contributed by atoms with Gasteiger partial charge in [0.15, 0.2) is 0 Å². The van der Waals surface area contributed by atoms with Crippen molar-refractivity contribution in [3.05, 3.63) is 36.0 Å². The third-order valence-electron chi connectivity index (χ3n) is 3.83. The van der Waals surface area contributed by atoms with Crippen LogP contribution in [0.3, 0.4) is 0 Å².